The van der Waals surface area contributed by atoms with Gasteiger partial charge in [0, 0.05) is 5.33 Å². The Morgan fingerprint density at radius 3 is 2.75 bits per heavy atom. The van der Waals surface area contributed by atoms with E-state index in [-0.39, 0.29) is 17.0 Å². The molecule has 1 aromatic heterocycles. The van der Waals surface area contributed by atoms with Gasteiger partial charge in [-0.25, -0.2) is 4.68 Å². The first-order chi connectivity index (χ1) is 5.27. The van der Waals surface area contributed by atoms with Gasteiger partial charge in [0.05, 0.1) is 6.54 Å². The average molecular weight is 317 g/mol. The number of rotatable bonds is 3. The minimum absolute atomic E-state index is 0. The molecular formula is C6H11Br2N3S. The second kappa shape index (κ2) is 5.88. The molecule has 0 atom stereocenters. The highest BCUT2D eigenvalue weighted by Gasteiger charge is 1.99. The fourth-order valence-corrected chi connectivity index (χ4v) is 1.82. The lowest BCUT2D eigenvalue weighted by Gasteiger charge is -1.92. The van der Waals surface area contributed by atoms with Crippen LogP contribution in [-0.2, 0) is 13.0 Å². The molecule has 12 heavy (non-hydrogen) atoms. The lowest BCUT2D eigenvalue weighted by molar-refractivity contribution is 0.623. The van der Waals surface area contributed by atoms with Gasteiger partial charge in [0.15, 0.2) is 4.80 Å². The van der Waals surface area contributed by atoms with Gasteiger partial charge in [0.1, 0.15) is 5.01 Å². The summed E-state index contributed by atoms with van der Waals surface area (Å²) in [6.45, 7) is 2.84. The quantitative estimate of drug-likeness (QED) is 0.851. The van der Waals surface area contributed by atoms with Crippen molar-refractivity contribution in [3.8, 4) is 0 Å². The van der Waals surface area contributed by atoms with E-state index >= 15 is 0 Å². The van der Waals surface area contributed by atoms with Crippen LogP contribution in [0.5, 0.6) is 0 Å². The van der Waals surface area contributed by atoms with Crippen LogP contribution in [0.15, 0.2) is 0 Å². The van der Waals surface area contributed by atoms with Crippen molar-refractivity contribution < 1.29 is 0 Å². The minimum Gasteiger partial charge on any atom is -0.274 e. The van der Waals surface area contributed by atoms with Gasteiger partial charge < -0.3 is 0 Å². The Hall–Kier alpha value is 0.320. The molecule has 0 amide bonds. The van der Waals surface area contributed by atoms with Crippen LogP contribution in [0, 0.1) is 5.41 Å². The first-order valence-electron chi connectivity index (χ1n) is 3.45. The van der Waals surface area contributed by atoms with Gasteiger partial charge in [-0.1, -0.05) is 34.2 Å². The predicted molar refractivity (Wildman–Crippen MR) is 59.5 cm³/mol. The van der Waals surface area contributed by atoms with E-state index in [0.717, 1.165) is 23.3 Å². The number of aromatic nitrogens is 2. The van der Waals surface area contributed by atoms with E-state index in [1.165, 1.54) is 11.3 Å². The smallest absolute Gasteiger partial charge is 0.200 e. The Labute approximate surface area is 94.2 Å². The van der Waals surface area contributed by atoms with Crippen molar-refractivity contribution in [2.75, 3.05) is 5.33 Å². The summed E-state index contributed by atoms with van der Waals surface area (Å²) < 4.78 is 1.72. The number of hydrogen-bond acceptors (Lipinski definition) is 3. The first kappa shape index (κ1) is 12.3. The zero-order chi connectivity index (χ0) is 8.27. The number of aryl methyl sites for hydroxylation is 2. The van der Waals surface area contributed by atoms with Crippen LogP contribution in [0.25, 0.3) is 0 Å². The van der Waals surface area contributed by atoms with Crippen LogP contribution in [0.1, 0.15) is 11.9 Å². The second-order valence-electron chi connectivity index (χ2n) is 2.07. The molecule has 0 fully saturated rings. The molecule has 0 aliphatic carbocycles. The van der Waals surface area contributed by atoms with Gasteiger partial charge >= 0.3 is 0 Å². The number of alkyl halides is 1. The Bertz CT molecular complexity index is 281. The van der Waals surface area contributed by atoms with Crippen molar-refractivity contribution in [3.63, 3.8) is 0 Å². The van der Waals surface area contributed by atoms with Crippen molar-refractivity contribution in [1.29, 1.82) is 5.41 Å². The van der Waals surface area contributed by atoms with Crippen molar-refractivity contribution in [3.05, 3.63) is 9.81 Å². The van der Waals surface area contributed by atoms with Gasteiger partial charge in [-0.15, -0.1) is 17.0 Å². The maximum atomic E-state index is 7.50. The molecule has 1 rings (SSSR count). The molecule has 0 bridgehead atoms. The molecular weight excluding hydrogens is 306 g/mol. The van der Waals surface area contributed by atoms with E-state index in [2.05, 4.69) is 28.0 Å². The third-order valence-electron chi connectivity index (χ3n) is 1.28. The summed E-state index contributed by atoms with van der Waals surface area (Å²) >= 11 is 4.76. The zero-order valence-electron chi connectivity index (χ0n) is 6.71. The monoisotopic (exact) mass is 315 g/mol. The molecule has 0 saturated carbocycles. The highest BCUT2D eigenvalue weighted by atomic mass is 79.9. The fraction of sp³-hybridized carbons (Fsp3) is 0.667. The molecule has 1 N–H and O–H groups in total. The number of halogens is 2. The molecule has 0 radical (unpaired) electrons. The van der Waals surface area contributed by atoms with Crippen molar-refractivity contribution in [1.82, 2.24) is 9.78 Å². The summed E-state index contributed by atoms with van der Waals surface area (Å²) in [4.78, 5) is 0.543. The molecule has 3 nitrogen and oxygen atoms in total. The summed E-state index contributed by atoms with van der Waals surface area (Å²) in [7, 11) is 0. The molecule has 0 saturated heterocycles. The summed E-state index contributed by atoms with van der Waals surface area (Å²) in [6.07, 6.45) is 0.922. The summed E-state index contributed by atoms with van der Waals surface area (Å²) in [5, 5.41) is 13.6. The summed E-state index contributed by atoms with van der Waals surface area (Å²) in [5.74, 6) is 0. The van der Waals surface area contributed by atoms with E-state index in [9.17, 15) is 0 Å². The largest absolute Gasteiger partial charge is 0.274 e. The van der Waals surface area contributed by atoms with Crippen LogP contribution in [-0.4, -0.2) is 15.1 Å². The van der Waals surface area contributed by atoms with Gasteiger partial charge in [-0.05, 0) is 6.42 Å². The lowest BCUT2D eigenvalue weighted by Crippen LogP contribution is -2.15. The van der Waals surface area contributed by atoms with Crippen LogP contribution < -0.4 is 4.80 Å². The molecule has 1 heterocycles. The normalized spacial score (nSPS) is 9.50. The fourth-order valence-electron chi connectivity index (χ4n) is 0.739. The summed E-state index contributed by atoms with van der Waals surface area (Å²) in [6, 6.07) is 0. The average Bonchev–Trinajstić information content (AvgIpc) is 2.33. The Morgan fingerprint density at radius 1 is 1.67 bits per heavy atom. The number of nitrogens with zero attached hydrogens (tertiary/aromatic N) is 2. The molecule has 0 spiro atoms. The molecule has 6 heteroatoms. The van der Waals surface area contributed by atoms with Crippen LogP contribution >= 0.6 is 44.2 Å². The van der Waals surface area contributed by atoms with E-state index in [1.807, 2.05) is 0 Å². The van der Waals surface area contributed by atoms with Gasteiger partial charge in [-0.3, -0.25) is 5.41 Å². The van der Waals surface area contributed by atoms with Crippen molar-refractivity contribution in [2.24, 2.45) is 0 Å². The Balaban J connectivity index is 0.00000121. The third kappa shape index (κ3) is 2.99. The van der Waals surface area contributed by atoms with E-state index < -0.39 is 0 Å². The Morgan fingerprint density at radius 2 is 2.33 bits per heavy atom. The highest BCUT2D eigenvalue weighted by molar-refractivity contribution is 9.09. The van der Waals surface area contributed by atoms with Gasteiger partial charge in [-0.2, -0.15) is 5.10 Å². The Kier molecular flexibility index (Phi) is 6.04. The van der Waals surface area contributed by atoms with Gasteiger partial charge in [0.25, 0.3) is 0 Å². The SMILES string of the molecule is Br.CCc1nn(CCBr)c(=N)s1. The minimum atomic E-state index is 0. The third-order valence-corrected chi connectivity index (χ3v) is 2.64. The van der Waals surface area contributed by atoms with Crippen LogP contribution in [0.4, 0.5) is 0 Å². The van der Waals surface area contributed by atoms with E-state index in [1.54, 1.807) is 4.68 Å². The maximum Gasteiger partial charge on any atom is 0.200 e. The van der Waals surface area contributed by atoms with Crippen LogP contribution in [0.3, 0.4) is 0 Å². The van der Waals surface area contributed by atoms with E-state index in [4.69, 9.17) is 5.41 Å². The second-order valence-corrected chi connectivity index (χ2v) is 3.92. The molecule has 0 unspecified atom stereocenters. The van der Waals surface area contributed by atoms with Crippen molar-refractivity contribution >= 4 is 44.2 Å². The van der Waals surface area contributed by atoms with Crippen LogP contribution in [0.2, 0.25) is 0 Å². The predicted octanol–water partition coefficient (Wildman–Crippen LogP) is 1.96. The molecule has 0 aliphatic rings. The molecule has 0 aliphatic heterocycles. The van der Waals surface area contributed by atoms with Crippen molar-refractivity contribution in [2.45, 2.75) is 19.9 Å². The highest BCUT2D eigenvalue weighted by Crippen LogP contribution is 1.98. The zero-order valence-corrected chi connectivity index (χ0v) is 10.8. The topological polar surface area (TPSA) is 41.7 Å². The van der Waals surface area contributed by atoms with Gasteiger partial charge in [0.2, 0.25) is 0 Å². The maximum absolute atomic E-state index is 7.50. The lowest BCUT2D eigenvalue weighted by atomic mass is 10.5. The molecule has 1 aromatic rings. The first-order valence-corrected chi connectivity index (χ1v) is 5.39. The summed E-state index contributed by atoms with van der Waals surface area (Å²) in [5.41, 5.74) is 0. The molecule has 70 valence electrons. The standard InChI is InChI=1S/C6H10BrN3S.BrH/c1-2-5-9-10(4-3-7)6(8)11-5;/h8H,2-4H2,1H3;1H. The number of nitrogens with one attached hydrogen (secondary N) is 1. The van der Waals surface area contributed by atoms with E-state index in [0.29, 0.717) is 4.80 Å². The number of hydrogen-bond donors (Lipinski definition) is 1. The molecule has 0 aromatic carbocycles.